The highest BCUT2D eigenvalue weighted by molar-refractivity contribution is 6.33. The Balaban J connectivity index is 2.45. The summed E-state index contributed by atoms with van der Waals surface area (Å²) in [5.74, 6) is 0. The Morgan fingerprint density at radius 2 is 2.18 bits per heavy atom. The second-order valence-electron chi connectivity index (χ2n) is 3.94. The molecule has 0 amide bonds. The van der Waals surface area contributed by atoms with Gasteiger partial charge in [-0.15, -0.1) is 0 Å². The molecule has 3 heteroatoms. The summed E-state index contributed by atoms with van der Waals surface area (Å²) in [6.07, 6.45) is 4.92. The lowest BCUT2D eigenvalue weighted by molar-refractivity contribution is 1.21. The predicted molar refractivity (Wildman–Crippen MR) is 74.7 cm³/mol. The fourth-order valence-corrected chi connectivity index (χ4v) is 2.24. The van der Waals surface area contributed by atoms with Crippen molar-refractivity contribution in [1.82, 2.24) is 0 Å². The summed E-state index contributed by atoms with van der Waals surface area (Å²) in [4.78, 5) is 5.95. The number of rotatable bonds is 3. The third kappa shape index (κ3) is 2.13. The minimum atomic E-state index is 0.763. The molecule has 1 fully saturated rings. The first kappa shape index (κ1) is 11.9. The molecule has 17 heavy (non-hydrogen) atoms. The van der Waals surface area contributed by atoms with Crippen LogP contribution >= 0.6 is 11.6 Å². The molecule has 0 aliphatic carbocycles. The van der Waals surface area contributed by atoms with Crippen molar-refractivity contribution in [1.29, 1.82) is 0 Å². The molecule has 2 rings (SSSR count). The summed E-state index contributed by atoms with van der Waals surface area (Å²) in [5.41, 5.74) is 4.46. The molecular formula is C14H15ClN2. The summed E-state index contributed by atoms with van der Waals surface area (Å²) < 4.78 is 0. The molecule has 1 saturated heterocycles. The maximum Gasteiger partial charge on any atom is 0.0885 e. The van der Waals surface area contributed by atoms with Crippen LogP contribution < -0.4 is 4.90 Å². The summed E-state index contributed by atoms with van der Waals surface area (Å²) in [6.45, 7) is 7.67. The fraction of sp³-hybridized carbons (Fsp3) is 0.214. The van der Waals surface area contributed by atoms with Crippen LogP contribution in [0.2, 0.25) is 5.02 Å². The van der Waals surface area contributed by atoms with Gasteiger partial charge in [0.05, 0.1) is 28.3 Å². The monoisotopic (exact) mass is 246 g/mol. The van der Waals surface area contributed by atoms with E-state index in [1.54, 1.807) is 6.20 Å². The molecule has 0 unspecified atom stereocenters. The molecule has 0 spiro atoms. The summed E-state index contributed by atoms with van der Waals surface area (Å²) >= 11 is 6.25. The van der Waals surface area contributed by atoms with Gasteiger partial charge in [-0.05, 0) is 31.7 Å². The van der Waals surface area contributed by atoms with E-state index >= 15 is 0 Å². The first-order valence-electron chi connectivity index (χ1n) is 5.62. The Morgan fingerprint density at radius 3 is 2.76 bits per heavy atom. The molecule has 0 saturated carbocycles. The summed E-state index contributed by atoms with van der Waals surface area (Å²) in [5, 5.41) is 0.763. The van der Waals surface area contributed by atoms with Gasteiger partial charge in [-0.2, -0.15) is 0 Å². The van der Waals surface area contributed by atoms with Gasteiger partial charge >= 0.3 is 0 Å². The number of anilines is 1. The number of nitrogens with zero attached hydrogens (tertiary/aromatic N) is 2. The molecule has 0 atom stereocenters. The molecule has 0 N–H and O–H groups in total. The first-order chi connectivity index (χ1) is 8.20. The lowest BCUT2D eigenvalue weighted by Gasteiger charge is -2.08. The van der Waals surface area contributed by atoms with Gasteiger partial charge in [0.25, 0.3) is 0 Å². The second-order valence-corrected chi connectivity index (χ2v) is 4.34. The summed E-state index contributed by atoms with van der Waals surface area (Å²) in [7, 11) is 0. The maximum atomic E-state index is 6.25. The van der Waals surface area contributed by atoms with Crippen molar-refractivity contribution in [2.45, 2.75) is 20.3 Å². The van der Waals surface area contributed by atoms with Gasteiger partial charge in [-0.1, -0.05) is 36.7 Å². The Bertz CT molecular complexity index is 495. The van der Waals surface area contributed by atoms with Crippen LogP contribution in [0, 0.1) is 6.92 Å². The van der Waals surface area contributed by atoms with Gasteiger partial charge in [0.15, 0.2) is 0 Å². The molecule has 1 aliphatic rings. The molecule has 0 bridgehead atoms. The van der Waals surface area contributed by atoms with E-state index in [2.05, 4.69) is 42.6 Å². The third-order valence-electron chi connectivity index (χ3n) is 2.72. The van der Waals surface area contributed by atoms with Crippen molar-refractivity contribution < 1.29 is 0 Å². The number of hydrogen-bond acceptors (Lipinski definition) is 2. The van der Waals surface area contributed by atoms with Crippen molar-refractivity contribution in [3.63, 3.8) is 0 Å². The topological polar surface area (TPSA) is 15.4 Å². The average Bonchev–Trinajstić information content (AvgIpc) is 2.93. The minimum absolute atomic E-state index is 0.763. The highest BCUT2D eigenvalue weighted by atomic mass is 35.5. The molecular weight excluding hydrogens is 232 g/mol. The zero-order valence-corrected chi connectivity index (χ0v) is 10.8. The summed E-state index contributed by atoms with van der Waals surface area (Å²) in [6, 6.07) is 5.93. The Kier molecular flexibility index (Phi) is 3.34. The van der Waals surface area contributed by atoms with Gasteiger partial charge < -0.3 is 4.90 Å². The van der Waals surface area contributed by atoms with E-state index in [0.29, 0.717) is 0 Å². The molecule has 1 heterocycles. The van der Waals surface area contributed by atoms with Crippen LogP contribution in [0.25, 0.3) is 0 Å². The van der Waals surface area contributed by atoms with Crippen molar-refractivity contribution in [2.24, 2.45) is 4.99 Å². The molecule has 1 aromatic carbocycles. The molecule has 1 aliphatic heterocycles. The Hall–Kier alpha value is -1.54. The van der Waals surface area contributed by atoms with Crippen LogP contribution in [0.15, 0.2) is 46.9 Å². The number of para-hydroxylation sites is 1. The predicted octanol–water partition coefficient (Wildman–Crippen LogP) is 4.30. The largest absolute Gasteiger partial charge is 0.303 e. The SMILES string of the molecule is C=N/C=C1\C(=C/CC)N1c1c(C)cccc1Cl. The highest BCUT2D eigenvalue weighted by Crippen LogP contribution is 2.47. The van der Waals surface area contributed by atoms with Gasteiger partial charge in [0.2, 0.25) is 0 Å². The molecule has 0 radical (unpaired) electrons. The van der Waals surface area contributed by atoms with Gasteiger partial charge in [-0.25, -0.2) is 0 Å². The van der Waals surface area contributed by atoms with Crippen molar-refractivity contribution in [2.75, 3.05) is 4.90 Å². The normalized spacial score (nSPS) is 18.9. The smallest absolute Gasteiger partial charge is 0.0885 e. The van der Waals surface area contributed by atoms with Crippen LogP contribution in [0.5, 0.6) is 0 Å². The highest BCUT2D eigenvalue weighted by Gasteiger charge is 2.36. The van der Waals surface area contributed by atoms with Gasteiger partial charge in [-0.3, -0.25) is 4.99 Å². The van der Waals surface area contributed by atoms with E-state index < -0.39 is 0 Å². The van der Waals surface area contributed by atoms with E-state index in [1.807, 2.05) is 12.1 Å². The zero-order valence-electron chi connectivity index (χ0n) is 10.1. The van der Waals surface area contributed by atoms with Crippen molar-refractivity contribution >= 4 is 24.0 Å². The van der Waals surface area contributed by atoms with Crippen molar-refractivity contribution in [3.05, 3.63) is 52.5 Å². The van der Waals surface area contributed by atoms with E-state index in [4.69, 9.17) is 11.6 Å². The fourth-order valence-electron chi connectivity index (χ4n) is 1.94. The maximum absolute atomic E-state index is 6.25. The lowest BCUT2D eigenvalue weighted by Crippen LogP contribution is -1.93. The van der Waals surface area contributed by atoms with Crippen molar-refractivity contribution in [3.8, 4) is 0 Å². The first-order valence-corrected chi connectivity index (χ1v) is 6.00. The van der Waals surface area contributed by atoms with Crippen LogP contribution in [0.4, 0.5) is 5.69 Å². The number of allylic oxidation sites excluding steroid dienone is 1. The lowest BCUT2D eigenvalue weighted by atomic mass is 10.2. The number of aliphatic imine (C=N–C) groups is 1. The number of halogens is 1. The third-order valence-corrected chi connectivity index (χ3v) is 3.02. The quantitative estimate of drug-likeness (QED) is 0.573. The Labute approximate surface area is 107 Å². The number of benzene rings is 1. The van der Waals surface area contributed by atoms with E-state index in [9.17, 15) is 0 Å². The van der Waals surface area contributed by atoms with Crippen LogP contribution in [0.3, 0.4) is 0 Å². The van der Waals surface area contributed by atoms with E-state index in [0.717, 1.165) is 28.4 Å². The molecule has 2 nitrogen and oxygen atoms in total. The van der Waals surface area contributed by atoms with E-state index in [1.165, 1.54) is 5.70 Å². The number of aryl methyl sites for hydroxylation is 1. The molecule has 1 aromatic rings. The van der Waals surface area contributed by atoms with Gasteiger partial charge in [0, 0.05) is 0 Å². The minimum Gasteiger partial charge on any atom is -0.303 e. The van der Waals surface area contributed by atoms with E-state index in [-0.39, 0.29) is 0 Å². The average molecular weight is 247 g/mol. The van der Waals surface area contributed by atoms with Gasteiger partial charge in [0.1, 0.15) is 0 Å². The molecule has 88 valence electrons. The zero-order chi connectivity index (χ0) is 12.4. The molecule has 0 aromatic heterocycles. The Morgan fingerprint density at radius 1 is 1.41 bits per heavy atom. The number of hydrogen-bond donors (Lipinski definition) is 0. The standard InChI is InChI=1S/C14H15ClN2/c1-4-6-12-13(9-16-3)17(12)14-10(2)7-5-8-11(14)15/h5-9H,3-4H2,1-2H3/b12-6+,13-9+. The van der Waals surface area contributed by atoms with Crippen LogP contribution in [0.1, 0.15) is 18.9 Å². The van der Waals surface area contributed by atoms with Crippen LogP contribution in [-0.2, 0) is 0 Å². The second kappa shape index (κ2) is 4.76. The van der Waals surface area contributed by atoms with Crippen LogP contribution in [-0.4, -0.2) is 6.72 Å².